The van der Waals surface area contributed by atoms with Gasteiger partial charge in [0, 0.05) is 31.4 Å². The first-order valence-corrected chi connectivity index (χ1v) is 10.5. The molecule has 0 aromatic heterocycles. The van der Waals surface area contributed by atoms with Gasteiger partial charge in [-0.15, -0.1) is 0 Å². The van der Waals surface area contributed by atoms with Gasteiger partial charge < -0.3 is 9.64 Å². The monoisotopic (exact) mass is 407 g/mol. The third kappa shape index (κ3) is 7.59. The summed E-state index contributed by atoms with van der Waals surface area (Å²) < 4.78 is 33.4. The number of halogens is 2. The Morgan fingerprint density at radius 2 is 1.93 bits per heavy atom. The van der Waals surface area contributed by atoms with Crippen LogP contribution in [0.15, 0.2) is 42.5 Å². The molecule has 0 N–H and O–H groups in total. The number of hydrogen-bond donors (Lipinski definition) is 0. The molecule has 1 amide bonds. The van der Waals surface area contributed by atoms with Gasteiger partial charge in [-0.1, -0.05) is 55.3 Å². The summed E-state index contributed by atoms with van der Waals surface area (Å²) in [4.78, 5) is 25.2. The number of carbonyl (C=O) groups excluding carboxylic acids is 2. The van der Waals surface area contributed by atoms with Crippen molar-refractivity contribution in [3.63, 3.8) is 0 Å². The molecule has 0 unspecified atom stereocenters. The van der Waals surface area contributed by atoms with Gasteiger partial charge in [0.1, 0.15) is 0 Å². The fourth-order valence-electron chi connectivity index (χ4n) is 3.56. The standard InChI is InChI=1S/C23H31F2NO3/c1-2-29-22(28)14-8-3-4-9-18-26-20(15-16-21(26)27)13-10-17-23(24,25)19-11-6-5-7-12-19/h5-7,10-13,20H,2-4,8-9,14-18H2,1H3/b13-10+/t20-/m0/s1. The SMILES string of the molecule is CCOC(=O)CCCCCCN1C(=O)CC[C@@H]1/C=C/CC(F)(F)c1ccccc1. The maximum atomic E-state index is 14.3. The van der Waals surface area contributed by atoms with E-state index in [4.69, 9.17) is 4.74 Å². The smallest absolute Gasteiger partial charge is 0.305 e. The summed E-state index contributed by atoms with van der Waals surface area (Å²) in [5, 5.41) is 0. The topological polar surface area (TPSA) is 46.6 Å². The molecule has 1 saturated heterocycles. The first-order chi connectivity index (χ1) is 13.9. The minimum absolute atomic E-state index is 0.00632. The number of nitrogens with zero attached hydrogens (tertiary/aromatic N) is 1. The van der Waals surface area contributed by atoms with Crippen molar-refractivity contribution in [3.05, 3.63) is 48.0 Å². The first-order valence-electron chi connectivity index (χ1n) is 10.5. The minimum atomic E-state index is -2.91. The van der Waals surface area contributed by atoms with Gasteiger partial charge in [0.25, 0.3) is 5.92 Å². The van der Waals surface area contributed by atoms with E-state index in [0.29, 0.717) is 32.4 Å². The van der Waals surface area contributed by atoms with Gasteiger partial charge in [-0.3, -0.25) is 9.59 Å². The number of ether oxygens (including phenoxy) is 1. The first kappa shape index (κ1) is 23.0. The van der Waals surface area contributed by atoms with E-state index < -0.39 is 5.92 Å². The molecule has 2 rings (SSSR count). The van der Waals surface area contributed by atoms with Crippen LogP contribution in [0.2, 0.25) is 0 Å². The molecule has 29 heavy (non-hydrogen) atoms. The van der Waals surface area contributed by atoms with Crippen molar-refractivity contribution in [1.82, 2.24) is 4.90 Å². The zero-order valence-corrected chi connectivity index (χ0v) is 17.1. The third-order valence-corrected chi connectivity index (χ3v) is 5.14. The van der Waals surface area contributed by atoms with E-state index in [1.165, 1.54) is 18.2 Å². The fourth-order valence-corrected chi connectivity index (χ4v) is 3.56. The molecule has 0 saturated carbocycles. The summed E-state index contributed by atoms with van der Waals surface area (Å²) >= 11 is 0. The highest BCUT2D eigenvalue weighted by molar-refractivity contribution is 5.79. The Kier molecular flexibility index (Phi) is 9.29. The molecular weight excluding hydrogens is 376 g/mol. The number of amides is 1. The summed E-state index contributed by atoms with van der Waals surface area (Å²) in [6.45, 7) is 2.82. The Morgan fingerprint density at radius 1 is 1.21 bits per heavy atom. The molecule has 1 aromatic rings. The Bertz CT molecular complexity index is 676. The van der Waals surface area contributed by atoms with Crippen molar-refractivity contribution >= 4 is 11.9 Å². The predicted molar refractivity (Wildman–Crippen MR) is 109 cm³/mol. The minimum Gasteiger partial charge on any atom is -0.466 e. The Hall–Kier alpha value is -2.24. The molecule has 1 aromatic carbocycles. The molecule has 1 aliphatic rings. The lowest BCUT2D eigenvalue weighted by Gasteiger charge is -2.22. The number of benzene rings is 1. The second-order valence-corrected chi connectivity index (χ2v) is 7.37. The lowest BCUT2D eigenvalue weighted by atomic mass is 10.0. The maximum absolute atomic E-state index is 14.3. The molecule has 0 radical (unpaired) electrons. The Morgan fingerprint density at radius 3 is 2.66 bits per heavy atom. The van der Waals surface area contributed by atoms with Crippen LogP contribution in [0.4, 0.5) is 8.78 Å². The molecular formula is C23H31F2NO3. The molecule has 160 valence electrons. The van der Waals surface area contributed by atoms with Crippen molar-refractivity contribution in [2.75, 3.05) is 13.2 Å². The van der Waals surface area contributed by atoms with E-state index in [-0.39, 0.29) is 29.9 Å². The highest BCUT2D eigenvalue weighted by Crippen LogP contribution is 2.32. The average Bonchev–Trinajstić information content (AvgIpc) is 3.05. The van der Waals surface area contributed by atoms with Crippen LogP contribution in [-0.4, -0.2) is 36.0 Å². The molecule has 1 heterocycles. The van der Waals surface area contributed by atoms with Crippen molar-refractivity contribution < 1.29 is 23.1 Å². The fraction of sp³-hybridized carbons (Fsp3) is 0.565. The van der Waals surface area contributed by atoms with E-state index in [1.807, 2.05) is 0 Å². The zero-order valence-electron chi connectivity index (χ0n) is 17.1. The summed E-state index contributed by atoms with van der Waals surface area (Å²) in [6.07, 6.45) is 7.91. The van der Waals surface area contributed by atoms with Crippen molar-refractivity contribution in [2.24, 2.45) is 0 Å². The summed E-state index contributed by atoms with van der Waals surface area (Å²) in [7, 11) is 0. The van der Waals surface area contributed by atoms with Crippen LogP contribution in [0.25, 0.3) is 0 Å². The predicted octanol–water partition coefficient (Wildman–Crippen LogP) is 5.23. The van der Waals surface area contributed by atoms with Gasteiger partial charge in [-0.25, -0.2) is 8.78 Å². The molecule has 1 fully saturated rings. The van der Waals surface area contributed by atoms with E-state index in [9.17, 15) is 18.4 Å². The molecule has 0 aliphatic carbocycles. The van der Waals surface area contributed by atoms with E-state index >= 15 is 0 Å². The number of allylic oxidation sites excluding steroid dienone is 1. The Balaban J connectivity index is 1.74. The van der Waals surface area contributed by atoms with Crippen LogP contribution in [0.3, 0.4) is 0 Å². The van der Waals surface area contributed by atoms with Crippen LogP contribution >= 0.6 is 0 Å². The zero-order chi connectivity index (χ0) is 21.1. The van der Waals surface area contributed by atoms with Crippen LogP contribution in [0.5, 0.6) is 0 Å². The molecule has 0 bridgehead atoms. The summed E-state index contributed by atoms with van der Waals surface area (Å²) in [5.74, 6) is -3.00. The van der Waals surface area contributed by atoms with Crippen LogP contribution in [0.1, 0.15) is 63.9 Å². The molecule has 1 atom stereocenters. The lowest BCUT2D eigenvalue weighted by Crippen LogP contribution is -2.32. The number of hydrogen-bond acceptors (Lipinski definition) is 3. The van der Waals surface area contributed by atoms with E-state index in [0.717, 1.165) is 25.7 Å². The lowest BCUT2D eigenvalue weighted by molar-refractivity contribution is -0.143. The summed E-state index contributed by atoms with van der Waals surface area (Å²) in [5.41, 5.74) is 0.00632. The Labute approximate surface area is 171 Å². The molecule has 0 spiro atoms. The second kappa shape index (κ2) is 11.7. The normalized spacial score (nSPS) is 17.3. The summed E-state index contributed by atoms with van der Waals surface area (Å²) in [6, 6.07) is 7.69. The van der Waals surface area contributed by atoms with Gasteiger partial charge in [0.15, 0.2) is 0 Å². The molecule has 4 nitrogen and oxygen atoms in total. The van der Waals surface area contributed by atoms with Crippen LogP contribution in [0, 0.1) is 0 Å². The van der Waals surface area contributed by atoms with Crippen molar-refractivity contribution in [2.45, 2.75) is 70.3 Å². The highest BCUT2D eigenvalue weighted by atomic mass is 19.3. The maximum Gasteiger partial charge on any atom is 0.305 e. The molecule has 6 heteroatoms. The number of alkyl halides is 2. The number of unbranched alkanes of at least 4 members (excludes halogenated alkanes) is 3. The number of carbonyl (C=O) groups is 2. The third-order valence-electron chi connectivity index (χ3n) is 5.14. The van der Waals surface area contributed by atoms with Gasteiger partial charge in [-0.05, 0) is 26.2 Å². The average molecular weight is 408 g/mol. The van der Waals surface area contributed by atoms with E-state index in [2.05, 4.69) is 0 Å². The van der Waals surface area contributed by atoms with Gasteiger partial charge in [0.05, 0.1) is 12.6 Å². The molecule has 1 aliphatic heterocycles. The second-order valence-electron chi connectivity index (χ2n) is 7.37. The highest BCUT2D eigenvalue weighted by Gasteiger charge is 2.31. The van der Waals surface area contributed by atoms with Crippen LogP contribution in [-0.2, 0) is 20.2 Å². The van der Waals surface area contributed by atoms with E-state index in [1.54, 1.807) is 36.1 Å². The number of esters is 1. The van der Waals surface area contributed by atoms with Gasteiger partial charge in [0.2, 0.25) is 5.91 Å². The quantitative estimate of drug-likeness (QED) is 0.271. The largest absolute Gasteiger partial charge is 0.466 e. The van der Waals surface area contributed by atoms with Crippen LogP contribution < -0.4 is 0 Å². The van der Waals surface area contributed by atoms with Crippen molar-refractivity contribution in [1.29, 1.82) is 0 Å². The van der Waals surface area contributed by atoms with Crippen molar-refractivity contribution in [3.8, 4) is 0 Å². The van der Waals surface area contributed by atoms with Gasteiger partial charge >= 0.3 is 5.97 Å². The number of likely N-dealkylation sites (tertiary alicyclic amines) is 1. The number of rotatable bonds is 12. The van der Waals surface area contributed by atoms with Gasteiger partial charge in [-0.2, -0.15) is 0 Å².